The summed E-state index contributed by atoms with van der Waals surface area (Å²) in [5, 5.41) is 3.41. The fourth-order valence-electron chi connectivity index (χ4n) is 7.35. The van der Waals surface area contributed by atoms with Gasteiger partial charge < -0.3 is 15.0 Å². The summed E-state index contributed by atoms with van der Waals surface area (Å²) in [5.41, 5.74) is 4.09. The van der Waals surface area contributed by atoms with E-state index in [0.717, 1.165) is 6.42 Å². The molecule has 1 heterocycles. The number of thioether (sulfide) groups is 1. The number of rotatable bonds is 14. The second-order valence-corrected chi connectivity index (χ2v) is 16.9. The summed E-state index contributed by atoms with van der Waals surface area (Å²) in [6.07, 6.45) is 1.25. The van der Waals surface area contributed by atoms with Gasteiger partial charge in [0.25, 0.3) is 0 Å². The van der Waals surface area contributed by atoms with Crippen molar-refractivity contribution in [2.24, 2.45) is 5.92 Å². The number of amides is 2. The molecule has 1 saturated heterocycles. The Morgan fingerprint density at radius 2 is 1.29 bits per heavy atom. The van der Waals surface area contributed by atoms with Crippen molar-refractivity contribution in [1.82, 2.24) is 15.1 Å². The lowest BCUT2D eigenvalue weighted by atomic mass is 9.84. The summed E-state index contributed by atoms with van der Waals surface area (Å²) in [7, 11) is 0. The van der Waals surface area contributed by atoms with Crippen molar-refractivity contribution in [3.8, 4) is 0 Å². The molecule has 276 valence electrons. The zero-order valence-electron chi connectivity index (χ0n) is 32.0. The number of ether oxygens (including phenoxy) is 1. The highest BCUT2D eigenvalue weighted by molar-refractivity contribution is 8.01. The van der Waals surface area contributed by atoms with E-state index in [1.807, 2.05) is 55.6 Å². The van der Waals surface area contributed by atoms with Crippen molar-refractivity contribution in [2.45, 2.75) is 102 Å². The topological polar surface area (TPSA) is 61.9 Å². The van der Waals surface area contributed by atoms with E-state index in [-0.39, 0.29) is 41.3 Å². The maximum atomic E-state index is 14.3. The molecule has 0 saturated carbocycles. The van der Waals surface area contributed by atoms with Crippen molar-refractivity contribution in [3.63, 3.8) is 0 Å². The van der Waals surface area contributed by atoms with Crippen molar-refractivity contribution >= 4 is 23.8 Å². The Balaban J connectivity index is 1.46. The van der Waals surface area contributed by atoms with Crippen LogP contribution in [-0.2, 0) is 20.8 Å². The predicted octanol–water partition coefficient (Wildman–Crippen LogP) is 9.53. The predicted molar refractivity (Wildman–Crippen MR) is 215 cm³/mol. The zero-order chi connectivity index (χ0) is 37.3. The van der Waals surface area contributed by atoms with Gasteiger partial charge in [-0.25, -0.2) is 4.79 Å². The molecule has 2 unspecified atom stereocenters. The average molecular weight is 720 g/mol. The Hall–Kier alpha value is -4.07. The molecule has 6 nitrogen and oxygen atoms in total. The van der Waals surface area contributed by atoms with Crippen molar-refractivity contribution in [1.29, 1.82) is 0 Å². The molecular formula is C45H57N3O3S. The van der Waals surface area contributed by atoms with Gasteiger partial charge in [0.2, 0.25) is 5.91 Å². The molecular weight excluding hydrogens is 663 g/mol. The molecule has 0 bridgehead atoms. The third-order valence-corrected chi connectivity index (χ3v) is 11.8. The Bertz CT molecular complexity index is 1600. The number of nitrogens with zero attached hydrogens (tertiary/aromatic N) is 2. The minimum Gasteiger partial charge on any atom is -0.444 e. The highest BCUT2D eigenvalue weighted by Gasteiger charge is 2.45. The maximum absolute atomic E-state index is 14.3. The normalized spacial score (nSPS) is 17.6. The van der Waals surface area contributed by atoms with Crippen LogP contribution >= 0.6 is 11.8 Å². The molecule has 4 aromatic carbocycles. The maximum Gasteiger partial charge on any atom is 0.410 e. The van der Waals surface area contributed by atoms with E-state index in [4.69, 9.17) is 4.74 Å². The Morgan fingerprint density at radius 1 is 0.808 bits per heavy atom. The summed E-state index contributed by atoms with van der Waals surface area (Å²) in [5.74, 6) is 0.148. The fraction of sp³-hybridized carbons (Fsp3) is 0.422. The number of benzene rings is 4. The van der Waals surface area contributed by atoms with Gasteiger partial charge in [0.1, 0.15) is 5.60 Å². The zero-order valence-corrected chi connectivity index (χ0v) is 32.8. The van der Waals surface area contributed by atoms with Crippen LogP contribution in [0.1, 0.15) is 83.6 Å². The molecule has 52 heavy (non-hydrogen) atoms. The van der Waals surface area contributed by atoms with Crippen molar-refractivity contribution in [2.75, 3.05) is 13.1 Å². The van der Waals surface area contributed by atoms with Crippen LogP contribution in [0.2, 0.25) is 0 Å². The first-order valence-corrected chi connectivity index (χ1v) is 19.7. The lowest BCUT2D eigenvalue weighted by Gasteiger charge is -2.38. The Morgan fingerprint density at radius 3 is 1.73 bits per heavy atom. The Labute approximate surface area is 316 Å². The number of carbonyl (C=O) groups is 2. The molecule has 5 rings (SSSR count). The fourth-order valence-corrected chi connectivity index (χ4v) is 9.22. The number of nitrogens with one attached hydrogen (secondary N) is 1. The van der Waals surface area contributed by atoms with E-state index in [1.165, 1.54) is 22.3 Å². The standard InChI is InChI=1S/C45H57N3O3S/c1-8-34(4)41(47(33(2)3)31-35-21-13-9-14-22-35)42(49)46-30-39-29-40(32-48(39)43(50)51-44(5,6)7)52-45(36-23-15-10-16-24-36,37-25-17-11-18-26-37)38-27-19-12-20-28-38/h9-28,33-34,39-41H,8,29-32H2,1-7H3,(H,46,49)/t34-,39?,40?,41-/m0/s1. The van der Waals surface area contributed by atoms with Gasteiger partial charge in [-0.1, -0.05) is 142 Å². The second-order valence-electron chi connectivity index (χ2n) is 15.4. The molecule has 1 aliphatic heterocycles. The first-order chi connectivity index (χ1) is 24.9. The van der Waals surface area contributed by atoms with E-state index >= 15 is 0 Å². The molecule has 0 aliphatic carbocycles. The van der Waals surface area contributed by atoms with Gasteiger partial charge in [-0.2, -0.15) is 0 Å². The van der Waals surface area contributed by atoms with E-state index in [0.29, 0.717) is 26.1 Å². The number of hydrogen-bond donors (Lipinski definition) is 1. The van der Waals surface area contributed by atoms with Crippen LogP contribution in [0.25, 0.3) is 0 Å². The van der Waals surface area contributed by atoms with Crippen LogP contribution in [0.3, 0.4) is 0 Å². The number of hydrogen-bond acceptors (Lipinski definition) is 5. The highest BCUT2D eigenvalue weighted by atomic mass is 32.2. The van der Waals surface area contributed by atoms with Crippen molar-refractivity contribution in [3.05, 3.63) is 144 Å². The summed E-state index contributed by atoms with van der Waals surface area (Å²) in [6, 6.07) is 42.0. The minimum atomic E-state index is -0.644. The van der Waals surface area contributed by atoms with Crippen molar-refractivity contribution < 1.29 is 14.3 Å². The van der Waals surface area contributed by atoms with Gasteiger partial charge in [-0.05, 0) is 69.2 Å². The third-order valence-electron chi connectivity index (χ3n) is 10.1. The number of likely N-dealkylation sites (tertiary alicyclic amines) is 1. The first-order valence-electron chi connectivity index (χ1n) is 18.8. The largest absolute Gasteiger partial charge is 0.444 e. The SMILES string of the molecule is CC[C@H](C)[C@@H](C(=O)NCC1CC(SC(c2ccccc2)(c2ccccc2)c2ccccc2)CN1C(=O)OC(C)(C)C)N(Cc1ccccc1)C(C)C. The van der Waals surface area contributed by atoms with E-state index in [1.54, 1.807) is 0 Å². The van der Waals surface area contributed by atoms with E-state index in [2.05, 4.69) is 141 Å². The highest BCUT2D eigenvalue weighted by Crippen LogP contribution is 2.52. The van der Waals surface area contributed by atoms with Crippen LogP contribution < -0.4 is 5.32 Å². The van der Waals surface area contributed by atoms with Gasteiger partial charge in [-0.3, -0.25) is 9.69 Å². The molecule has 1 fully saturated rings. The summed E-state index contributed by atoms with van der Waals surface area (Å²) in [6.45, 7) is 15.9. The lowest BCUT2D eigenvalue weighted by molar-refractivity contribution is -0.129. The minimum absolute atomic E-state index is 0.00595. The Kier molecular flexibility index (Phi) is 13.3. The van der Waals surface area contributed by atoms with Crippen LogP contribution in [0, 0.1) is 5.92 Å². The van der Waals surface area contributed by atoms with Gasteiger partial charge >= 0.3 is 6.09 Å². The molecule has 0 aromatic heterocycles. The van der Waals surface area contributed by atoms with E-state index in [9.17, 15) is 9.59 Å². The first kappa shape index (κ1) is 39.1. The third kappa shape index (κ3) is 9.47. The smallest absolute Gasteiger partial charge is 0.410 e. The summed E-state index contributed by atoms with van der Waals surface area (Å²) in [4.78, 5) is 32.4. The molecule has 2 amide bonds. The van der Waals surface area contributed by atoms with Gasteiger partial charge in [0, 0.05) is 30.9 Å². The van der Waals surface area contributed by atoms with Gasteiger partial charge in [0.05, 0.1) is 16.8 Å². The molecule has 4 aromatic rings. The van der Waals surface area contributed by atoms with Crippen LogP contribution in [-0.4, -0.2) is 63.9 Å². The van der Waals surface area contributed by atoms with Crippen LogP contribution in [0.4, 0.5) is 4.79 Å². The second kappa shape index (κ2) is 17.6. The quantitative estimate of drug-likeness (QED) is 0.132. The number of carbonyl (C=O) groups excluding carboxylic acids is 2. The molecule has 0 radical (unpaired) electrons. The lowest BCUT2D eigenvalue weighted by Crippen LogP contribution is -2.54. The summed E-state index contributed by atoms with van der Waals surface area (Å²) < 4.78 is 5.46. The van der Waals surface area contributed by atoms with Crippen LogP contribution in [0.15, 0.2) is 121 Å². The molecule has 1 N–H and O–H groups in total. The van der Waals surface area contributed by atoms with Crippen LogP contribution in [0.5, 0.6) is 0 Å². The summed E-state index contributed by atoms with van der Waals surface area (Å²) >= 11 is 1.89. The molecule has 4 atom stereocenters. The van der Waals surface area contributed by atoms with Gasteiger partial charge in [-0.15, -0.1) is 11.8 Å². The molecule has 1 aliphatic rings. The van der Waals surface area contributed by atoms with E-state index < -0.39 is 10.3 Å². The monoisotopic (exact) mass is 719 g/mol. The molecule has 7 heteroatoms. The molecule has 0 spiro atoms. The van der Waals surface area contributed by atoms with Gasteiger partial charge in [0.15, 0.2) is 0 Å². The average Bonchev–Trinajstić information content (AvgIpc) is 3.56.